The average molecular weight is 395 g/mol. The average Bonchev–Trinajstić information content (AvgIpc) is 3.06. The van der Waals surface area contributed by atoms with E-state index in [0.717, 1.165) is 0 Å². The summed E-state index contributed by atoms with van der Waals surface area (Å²) in [5.41, 5.74) is 13.9. The van der Waals surface area contributed by atoms with E-state index in [2.05, 4.69) is 11.5 Å². The molecule has 0 bridgehead atoms. The number of hydrogen-bond acceptors (Lipinski definition) is 1. The Bertz CT molecular complexity index is 539. The molecule has 2 aliphatic carbocycles. The van der Waals surface area contributed by atoms with E-state index < -0.39 is 0 Å². The highest BCUT2D eigenvalue weighted by Gasteiger charge is 2.32. The molecular weight excluding hydrogens is 360 g/mol. The maximum absolute atomic E-state index is 6.53. The molecule has 0 amide bonds. The largest absolute Gasteiger partial charge is 1.00 e. The Morgan fingerprint density at radius 3 is 2.00 bits per heavy atom. The minimum absolute atomic E-state index is 0. The highest BCUT2D eigenvalue weighted by molar-refractivity contribution is 5.57. The van der Waals surface area contributed by atoms with Crippen molar-refractivity contribution in [1.82, 2.24) is 0 Å². The van der Waals surface area contributed by atoms with Crippen molar-refractivity contribution < 1.29 is 21.5 Å². The Kier molecular flexibility index (Phi) is 8.06. The van der Waals surface area contributed by atoms with Crippen molar-refractivity contribution in [2.24, 2.45) is 0 Å². The highest BCUT2D eigenvalue weighted by atomic mass is 79.9. The van der Waals surface area contributed by atoms with Gasteiger partial charge in [0.2, 0.25) is 0 Å². The molecule has 0 saturated heterocycles. The summed E-state index contributed by atoms with van der Waals surface area (Å²) < 4.78 is 2.71. The van der Waals surface area contributed by atoms with Gasteiger partial charge in [-0.15, -0.1) is 0 Å². The van der Waals surface area contributed by atoms with Crippen molar-refractivity contribution in [3.8, 4) is 0 Å². The summed E-state index contributed by atoms with van der Waals surface area (Å²) >= 11 is 0. The lowest BCUT2D eigenvalue weighted by molar-refractivity contribution is -0.711. The molecule has 0 aromatic carbocycles. The fraction of sp³-hybridized carbons (Fsp3) is 0.762. The van der Waals surface area contributed by atoms with Crippen LogP contribution in [0.2, 0.25) is 0 Å². The fourth-order valence-corrected chi connectivity index (χ4v) is 4.64. The number of nitrogen functional groups attached to an aromatic ring is 1. The van der Waals surface area contributed by atoms with Crippen molar-refractivity contribution in [3.05, 3.63) is 22.5 Å². The van der Waals surface area contributed by atoms with Gasteiger partial charge in [-0.3, -0.25) is 0 Å². The van der Waals surface area contributed by atoms with Gasteiger partial charge in [0.25, 0.3) is 0 Å². The van der Waals surface area contributed by atoms with Crippen molar-refractivity contribution in [1.29, 1.82) is 0 Å². The molecule has 3 rings (SSSR count). The van der Waals surface area contributed by atoms with Gasteiger partial charge < -0.3 is 22.7 Å². The molecule has 1 aromatic rings. The molecule has 0 spiro atoms. The molecule has 2 nitrogen and oxygen atoms in total. The number of unbranched alkanes of at least 4 members (excludes halogenated alkanes) is 6. The standard InChI is InChI=1S/C21H34N2.BrH/c1-2-3-4-5-6-7-10-16-23-19-14-9-8-12-17(19)21(22)18-13-11-15-20(18)23;/h22H,2-16H2,1H3;1H. The monoisotopic (exact) mass is 394 g/mol. The molecule has 0 fully saturated rings. The van der Waals surface area contributed by atoms with Crippen LogP contribution in [0.25, 0.3) is 0 Å². The molecule has 0 aliphatic heterocycles. The van der Waals surface area contributed by atoms with Gasteiger partial charge in [0, 0.05) is 30.4 Å². The van der Waals surface area contributed by atoms with E-state index in [1.54, 1.807) is 11.4 Å². The number of aromatic nitrogens is 1. The van der Waals surface area contributed by atoms with Crippen LogP contribution in [0.1, 0.15) is 93.6 Å². The van der Waals surface area contributed by atoms with Crippen molar-refractivity contribution >= 4 is 5.69 Å². The predicted octanol–water partition coefficient (Wildman–Crippen LogP) is 1.68. The lowest BCUT2D eigenvalue weighted by Crippen LogP contribution is -3.00. The molecular formula is C21H35BrN2. The van der Waals surface area contributed by atoms with Crippen LogP contribution in [-0.4, -0.2) is 0 Å². The highest BCUT2D eigenvalue weighted by Crippen LogP contribution is 2.33. The number of pyridine rings is 1. The van der Waals surface area contributed by atoms with Crippen LogP contribution in [0, 0.1) is 0 Å². The molecule has 2 N–H and O–H groups in total. The number of nitrogens with zero attached hydrogens (tertiary/aromatic N) is 1. The van der Waals surface area contributed by atoms with E-state index in [-0.39, 0.29) is 17.0 Å². The normalized spacial score (nSPS) is 15.7. The Morgan fingerprint density at radius 1 is 0.750 bits per heavy atom. The third-order valence-electron chi connectivity index (χ3n) is 5.91. The van der Waals surface area contributed by atoms with Gasteiger partial charge in [-0.25, -0.2) is 0 Å². The van der Waals surface area contributed by atoms with Crippen molar-refractivity contribution in [2.75, 3.05) is 5.73 Å². The quantitative estimate of drug-likeness (QED) is 0.527. The molecule has 0 unspecified atom stereocenters. The number of hydrogen-bond donors (Lipinski definition) is 1. The zero-order valence-corrected chi connectivity index (χ0v) is 17.1. The lowest BCUT2D eigenvalue weighted by Gasteiger charge is -2.20. The number of fused-ring (bicyclic) bond motifs is 2. The predicted molar refractivity (Wildman–Crippen MR) is 97.7 cm³/mol. The number of anilines is 1. The first kappa shape index (κ1) is 19.8. The van der Waals surface area contributed by atoms with E-state index >= 15 is 0 Å². The van der Waals surface area contributed by atoms with Crippen LogP contribution in [0.3, 0.4) is 0 Å². The van der Waals surface area contributed by atoms with E-state index in [9.17, 15) is 0 Å². The molecule has 24 heavy (non-hydrogen) atoms. The van der Waals surface area contributed by atoms with Crippen LogP contribution in [0.15, 0.2) is 0 Å². The fourth-order valence-electron chi connectivity index (χ4n) is 4.64. The third-order valence-corrected chi connectivity index (χ3v) is 5.91. The maximum atomic E-state index is 6.53. The third kappa shape index (κ3) is 4.33. The van der Waals surface area contributed by atoms with Gasteiger partial charge in [0.05, 0.1) is 5.69 Å². The minimum Gasteiger partial charge on any atom is -1.00 e. The second kappa shape index (κ2) is 9.79. The minimum atomic E-state index is 0. The lowest BCUT2D eigenvalue weighted by atomic mass is 9.91. The first-order valence-corrected chi connectivity index (χ1v) is 10.2. The molecule has 0 radical (unpaired) electrons. The summed E-state index contributed by atoms with van der Waals surface area (Å²) in [6.07, 6.45) is 18.7. The molecule has 3 heteroatoms. The topological polar surface area (TPSA) is 29.9 Å². The van der Waals surface area contributed by atoms with E-state index in [0.29, 0.717) is 0 Å². The number of rotatable bonds is 8. The SMILES string of the molecule is CCCCCCCCC[n+]1c2c(c(N)c3c1CCC3)CCCC2.[Br-]. The summed E-state index contributed by atoms with van der Waals surface area (Å²) in [6, 6.07) is 0. The summed E-state index contributed by atoms with van der Waals surface area (Å²) in [5.74, 6) is 0. The van der Waals surface area contributed by atoms with E-state index in [4.69, 9.17) is 5.73 Å². The Balaban J connectivity index is 0.00000208. The Hall–Kier alpha value is -0.570. The zero-order valence-electron chi connectivity index (χ0n) is 15.5. The van der Waals surface area contributed by atoms with Crippen molar-refractivity contribution in [2.45, 2.75) is 103 Å². The van der Waals surface area contributed by atoms with Crippen LogP contribution in [0.4, 0.5) is 5.69 Å². The van der Waals surface area contributed by atoms with Crippen LogP contribution in [-0.2, 0) is 32.2 Å². The second-order valence-corrected chi connectivity index (χ2v) is 7.60. The van der Waals surface area contributed by atoms with E-state index in [1.165, 1.54) is 113 Å². The van der Waals surface area contributed by atoms with Gasteiger partial charge in [-0.05, 0) is 38.5 Å². The second-order valence-electron chi connectivity index (χ2n) is 7.60. The molecule has 1 aromatic heterocycles. The number of halogens is 1. The van der Waals surface area contributed by atoms with Crippen LogP contribution < -0.4 is 27.3 Å². The summed E-state index contributed by atoms with van der Waals surface area (Å²) in [4.78, 5) is 0. The van der Waals surface area contributed by atoms with Crippen LogP contribution in [0.5, 0.6) is 0 Å². The summed E-state index contributed by atoms with van der Waals surface area (Å²) in [6.45, 7) is 3.53. The van der Waals surface area contributed by atoms with Gasteiger partial charge in [-0.2, -0.15) is 4.57 Å². The van der Waals surface area contributed by atoms with Gasteiger partial charge in [0.15, 0.2) is 11.4 Å². The number of nitrogens with two attached hydrogens (primary N) is 1. The summed E-state index contributed by atoms with van der Waals surface area (Å²) in [7, 11) is 0. The molecule has 2 aliphatic rings. The summed E-state index contributed by atoms with van der Waals surface area (Å²) in [5, 5.41) is 0. The van der Waals surface area contributed by atoms with Crippen molar-refractivity contribution in [3.63, 3.8) is 0 Å². The zero-order chi connectivity index (χ0) is 16.1. The molecule has 1 heterocycles. The maximum Gasteiger partial charge on any atom is 0.186 e. The smallest absolute Gasteiger partial charge is 0.186 e. The Labute approximate surface area is 159 Å². The van der Waals surface area contributed by atoms with Gasteiger partial charge in [0.1, 0.15) is 6.54 Å². The van der Waals surface area contributed by atoms with Gasteiger partial charge >= 0.3 is 0 Å². The van der Waals surface area contributed by atoms with Gasteiger partial charge in [-0.1, -0.05) is 39.0 Å². The molecule has 136 valence electrons. The Morgan fingerprint density at radius 2 is 1.29 bits per heavy atom. The molecule has 0 saturated carbocycles. The van der Waals surface area contributed by atoms with Crippen LogP contribution >= 0.6 is 0 Å². The molecule has 0 atom stereocenters. The first-order chi connectivity index (χ1) is 11.3. The van der Waals surface area contributed by atoms with E-state index in [1.807, 2.05) is 0 Å². The first-order valence-electron chi connectivity index (χ1n) is 10.2.